The van der Waals surface area contributed by atoms with Crippen molar-refractivity contribution in [3.63, 3.8) is 0 Å². The van der Waals surface area contributed by atoms with Crippen molar-refractivity contribution in [3.8, 4) is 0 Å². The van der Waals surface area contributed by atoms with Crippen molar-refractivity contribution in [1.82, 2.24) is 14.8 Å². The van der Waals surface area contributed by atoms with E-state index in [2.05, 4.69) is 4.98 Å². The number of Topliss-reactive ketones (excluding diaryl/α,β-unsaturated/α-hetero) is 1. The third kappa shape index (κ3) is 7.20. The monoisotopic (exact) mass is 607 g/mol. The Balaban J connectivity index is 1.05. The minimum atomic E-state index is -4.53. The second kappa shape index (κ2) is 12.8. The number of hydrogen-bond donors (Lipinski definition) is 1. The van der Waals surface area contributed by atoms with E-state index in [1.165, 1.54) is 23.5 Å². The summed E-state index contributed by atoms with van der Waals surface area (Å²) in [5.74, 6) is 0.0229. The highest BCUT2D eigenvalue weighted by atomic mass is 32.1. The van der Waals surface area contributed by atoms with Crippen LogP contribution in [0.2, 0.25) is 0 Å². The fourth-order valence-electron chi connectivity index (χ4n) is 6.24. The molecule has 2 aliphatic heterocycles. The smallest absolute Gasteiger partial charge is 0.384 e. The number of benzene rings is 1. The number of carbonyl (C=O) groups is 3. The number of ether oxygens (including phenoxy) is 1. The maximum absolute atomic E-state index is 13.0. The van der Waals surface area contributed by atoms with E-state index in [-0.39, 0.29) is 30.2 Å². The first kappa shape index (κ1) is 30.6. The molecular weight excluding hydrogens is 571 g/mol. The number of morpholine rings is 1. The number of alkyl halides is 3. The Morgan fingerprint density at radius 2 is 1.76 bits per heavy atom. The van der Waals surface area contributed by atoms with Crippen LogP contribution < -0.4 is 0 Å². The van der Waals surface area contributed by atoms with Crippen LogP contribution in [0.4, 0.5) is 13.2 Å². The average molecular weight is 608 g/mol. The number of hydrogen-bond acceptors (Lipinski definition) is 7. The number of likely N-dealkylation sites (tertiary alicyclic amines) is 1. The van der Waals surface area contributed by atoms with Gasteiger partial charge >= 0.3 is 6.18 Å². The Labute approximate surface area is 246 Å². The highest BCUT2D eigenvalue weighted by molar-refractivity contribution is 7.13. The van der Waals surface area contributed by atoms with Crippen molar-refractivity contribution in [2.45, 2.75) is 63.1 Å². The summed E-state index contributed by atoms with van der Waals surface area (Å²) < 4.78 is 44.2. The zero-order chi connectivity index (χ0) is 29.9. The topological polar surface area (TPSA) is 100 Å². The normalized spacial score (nSPS) is 25.0. The molecular formula is C30H36F3N3O5S. The van der Waals surface area contributed by atoms with Gasteiger partial charge in [0.1, 0.15) is 5.60 Å². The minimum Gasteiger partial charge on any atom is -0.384 e. The Kier molecular flexibility index (Phi) is 9.34. The fraction of sp³-hybridized carbons (Fsp3) is 0.600. The summed E-state index contributed by atoms with van der Waals surface area (Å²) >= 11 is 1.27. The molecule has 8 nitrogen and oxygen atoms in total. The second-order valence-corrected chi connectivity index (χ2v) is 12.7. The molecule has 42 heavy (non-hydrogen) atoms. The molecule has 2 aromatic rings. The molecule has 0 spiro atoms. The zero-order valence-corrected chi connectivity index (χ0v) is 24.2. The van der Waals surface area contributed by atoms with Gasteiger partial charge in [-0.3, -0.25) is 14.4 Å². The van der Waals surface area contributed by atoms with Crippen molar-refractivity contribution in [2.24, 2.45) is 11.8 Å². The first-order chi connectivity index (χ1) is 20.0. The molecule has 3 fully saturated rings. The molecule has 228 valence electrons. The van der Waals surface area contributed by atoms with Crippen molar-refractivity contribution >= 4 is 28.9 Å². The van der Waals surface area contributed by atoms with Gasteiger partial charge in [0, 0.05) is 50.8 Å². The van der Waals surface area contributed by atoms with Gasteiger partial charge in [0.25, 0.3) is 5.91 Å². The molecule has 5 rings (SSSR count). The van der Waals surface area contributed by atoms with Gasteiger partial charge in [-0.2, -0.15) is 13.2 Å². The van der Waals surface area contributed by atoms with Crippen LogP contribution in [0.15, 0.2) is 30.5 Å². The van der Waals surface area contributed by atoms with E-state index in [1.54, 1.807) is 16.0 Å². The number of halogens is 3. The van der Waals surface area contributed by atoms with E-state index >= 15 is 0 Å². The van der Waals surface area contributed by atoms with Gasteiger partial charge in [-0.15, -0.1) is 11.3 Å². The summed E-state index contributed by atoms with van der Waals surface area (Å²) in [7, 11) is 0. The van der Waals surface area contributed by atoms with E-state index in [4.69, 9.17) is 4.74 Å². The Morgan fingerprint density at radius 3 is 2.48 bits per heavy atom. The number of aliphatic hydroxyl groups is 1. The van der Waals surface area contributed by atoms with Crippen LogP contribution in [-0.4, -0.2) is 76.9 Å². The van der Waals surface area contributed by atoms with Gasteiger partial charge in [-0.1, -0.05) is 12.1 Å². The van der Waals surface area contributed by atoms with E-state index in [1.807, 2.05) is 0 Å². The van der Waals surface area contributed by atoms with Crippen LogP contribution in [-0.2, 0) is 21.3 Å². The summed E-state index contributed by atoms with van der Waals surface area (Å²) in [6, 6.07) is 4.31. The van der Waals surface area contributed by atoms with Crippen LogP contribution in [0.5, 0.6) is 0 Å². The summed E-state index contributed by atoms with van der Waals surface area (Å²) in [4.78, 5) is 46.5. The number of amides is 2. The molecule has 1 N–H and O–H groups in total. The summed E-state index contributed by atoms with van der Waals surface area (Å²) in [6.45, 7) is 3.35. The molecule has 2 amide bonds. The molecule has 0 bridgehead atoms. The Morgan fingerprint density at radius 1 is 1.02 bits per heavy atom. The highest BCUT2D eigenvalue weighted by Crippen LogP contribution is 2.44. The predicted molar refractivity (Wildman–Crippen MR) is 149 cm³/mol. The molecule has 12 heteroatoms. The maximum atomic E-state index is 13.0. The van der Waals surface area contributed by atoms with Gasteiger partial charge in [0.2, 0.25) is 5.91 Å². The molecule has 3 heterocycles. The number of thiazole rings is 1. The molecule has 1 aliphatic carbocycles. The second-order valence-electron chi connectivity index (χ2n) is 11.6. The number of rotatable bonds is 8. The van der Waals surface area contributed by atoms with E-state index in [9.17, 15) is 32.7 Å². The van der Waals surface area contributed by atoms with Crippen LogP contribution in [0.3, 0.4) is 0 Å². The molecule has 1 aromatic heterocycles. The van der Waals surface area contributed by atoms with Crippen molar-refractivity contribution in [3.05, 3.63) is 51.5 Å². The van der Waals surface area contributed by atoms with Gasteiger partial charge < -0.3 is 19.6 Å². The fourth-order valence-corrected chi connectivity index (χ4v) is 7.27. The first-order valence-corrected chi connectivity index (χ1v) is 15.4. The largest absolute Gasteiger partial charge is 0.416 e. The van der Waals surface area contributed by atoms with Crippen molar-refractivity contribution in [2.75, 3.05) is 39.4 Å². The molecule has 3 aliphatic rings. The standard InChI is InChI=1S/C30H36F3N3O5S/c31-30(32,33)23-3-1-2-22(17-23)24(37)4-5-26(38)36-11-8-21(19-36)16-20-6-9-29(40,10-7-20)25-18-34-27(42-25)28(39)35-12-14-41-15-13-35/h1-3,17-18,20-21,40H,4-16,19H2. The summed E-state index contributed by atoms with van der Waals surface area (Å²) in [6.07, 6.45) is 1.66. The SMILES string of the molecule is O=C(CCC(=O)N1CCC(CC2CCC(O)(c3cnc(C(=O)N4CCOCC4)s3)CC2)C1)c1cccc(C(F)(F)F)c1. The van der Waals surface area contributed by atoms with Gasteiger partial charge in [-0.05, 0) is 62.5 Å². The third-order valence-corrected chi connectivity index (χ3v) is 9.94. The molecule has 2 saturated heterocycles. The lowest BCUT2D eigenvalue weighted by Crippen LogP contribution is -2.40. The number of nitrogens with zero attached hydrogens (tertiary/aromatic N) is 3. The highest BCUT2D eigenvalue weighted by Gasteiger charge is 2.39. The van der Waals surface area contributed by atoms with Crippen molar-refractivity contribution in [1.29, 1.82) is 0 Å². The Bertz CT molecular complexity index is 1280. The maximum Gasteiger partial charge on any atom is 0.416 e. The van der Waals surface area contributed by atoms with Gasteiger partial charge in [0.15, 0.2) is 10.8 Å². The lowest BCUT2D eigenvalue weighted by atomic mass is 9.75. The summed E-state index contributed by atoms with van der Waals surface area (Å²) in [5, 5.41) is 11.8. The Hall–Kier alpha value is -2.83. The number of carbonyl (C=O) groups excluding carboxylic acids is 3. The molecule has 0 radical (unpaired) electrons. The number of ketones is 1. The van der Waals surface area contributed by atoms with E-state index < -0.39 is 23.1 Å². The van der Waals surface area contributed by atoms with Crippen LogP contribution in [0.1, 0.15) is 82.0 Å². The van der Waals surface area contributed by atoms with Gasteiger partial charge in [0.05, 0.1) is 23.7 Å². The van der Waals surface area contributed by atoms with E-state index in [0.717, 1.165) is 42.7 Å². The van der Waals surface area contributed by atoms with Gasteiger partial charge in [-0.25, -0.2) is 4.98 Å². The van der Waals surface area contributed by atoms with Crippen LogP contribution in [0, 0.1) is 11.8 Å². The minimum absolute atomic E-state index is 0.0247. The quantitative estimate of drug-likeness (QED) is 0.428. The third-order valence-electron chi connectivity index (χ3n) is 8.76. The number of aromatic nitrogens is 1. The zero-order valence-electron chi connectivity index (χ0n) is 23.4. The van der Waals surface area contributed by atoms with Crippen molar-refractivity contribution < 1.29 is 37.4 Å². The van der Waals surface area contributed by atoms with Crippen LogP contribution >= 0.6 is 11.3 Å². The first-order valence-electron chi connectivity index (χ1n) is 14.6. The predicted octanol–water partition coefficient (Wildman–Crippen LogP) is 4.91. The molecule has 1 aromatic carbocycles. The lowest BCUT2D eigenvalue weighted by Gasteiger charge is -2.36. The van der Waals surface area contributed by atoms with Crippen LogP contribution in [0.25, 0.3) is 0 Å². The molecule has 1 unspecified atom stereocenters. The molecule has 1 saturated carbocycles. The lowest BCUT2D eigenvalue weighted by molar-refractivity contribution is -0.137. The average Bonchev–Trinajstić information content (AvgIpc) is 3.68. The molecule has 1 atom stereocenters. The van der Waals surface area contributed by atoms with E-state index in [0.29, 0.717) is 69.1 Å². The summed E-state index contributed by atoms with van der Waals surface area (Å²) in [5.41, 5.74) is -1.90.